The van der Waals surface area contributed by atoms with Gasteiger partial charge in [0.1, 0.15) is 4.99 Å². The first-order chi connectivity index (χ1) is 9.56. The number of rotatable bonds is 5. The molecular formula is C13H17N5OS. The zero-order chi connectivity index (χ0) is 14.7. The van der Waals surface area contributed by atoms with Gasteiger partial charge in [-0.2, -0.15) is 5.10 Å². The van der Waals surface area contributed by atoms with Gasteiger partial charge in [0.05, 0.1) is 11.3 Å². The molecule has 3 N–H and O–H groups in total. The van der Waals surface area contributed by atoms with Crippen LogP contribution in [0.25, 0.3) is 0 Å². The van der Waals surface area contributed by atoms with E-state index in [0.717, 1.165) is 29.8 Å². The van der Waals surface area contributed by atoms with Crippen LogP contribution in [-0.2, 0) is 12.8 Å². The van der Waals surface area contributed by atoms with Crippen molar-refractivity contribution < 1.29 is 4.74 Å². The zero-order valence-electron chi connectivity index (χ0n) is 11.7. The molecule has 7 heteroatoms. The molecular weight excluding hydrogens is 274 g/mol. The summed E-state index contributed by atoms with van der Waals surface area (Å²) in [7, 11) is 0. The summed E-state index contributed by atoms with van der Waals surface area (Å²) in [6.07, 6.45) is 1.54. The SMILES string of the molecule is CCc1nnc(Oc2cc(C)[nH]n2)c(C(N)=S)c1CC. The van der Waals surface area contributed by atoms with Gasteiger partial charge in [0.25, 0.3) is 5.88 Å². The largest absolute Gasteiger partial charge is 0.417 e. The number of aromatic nitrogens is 4. The Balaban J connectivity index is 2.49. The van der Waals surface area contributed by atoms with E-state index in [0.29, 0.717) is 17.3 Å². The molecule has 2 aromatic heterocycles. The van der Waals surface area contributed by atoms with Crippen LogP contribution in [0.2, 0.25) is 0 Å². The molecule has 2 rings (SSSR count). The molecule has 0 aliphatic heterocycles. The van der Waals surface area contributed by atoms with Gasteiger partial charge in [0.2, 0.25) is 5.88 Å². The standard InChI is InChI=1S/C13H17N5OS/c1-4-8-9(5-2)16-18-13(11(8)12(14)20)19-10-6-7(3)15-17-10/h6H,4-5H2,1-3H3,(H2,14,20)(H,15,17). The Bertz CT molecular complexity index is 638. The van der Waals surface area contributed by atoms with Crippen molar-refractivity contribution in [2.75, 3.05) is 0 Å². The molecule has 20 heavy (non-hydrogen) atoms. The van der Waals surface area contributed by atoms with Gasteiger partial charge in [-0.1, -0.05) is 26.1 Å². The minimum atomic E-state index is 0.258. The number of hydrogen-bond acceptors (Lipinski definition) is 5. The number of aryl methyl sites for hydroxylation is 2. The highest BCUT2D eigenvalue weighted by Gasteiger charge is 2.19. The molecule has 0 fully saturated rings. The fraction of sp³-hybridized carbons (Fsp3) is 0.385. The Labute approximate surface area is 122 Å². The maximum atomic E-state index is 5.83. The molecule has 0 radical (unpaired) electrons. The van der Waals surface area contributed by atoms with Crippen LogP contribution in [0.4, 0.5) is 0 Å². The van der Waals surface area contributed by atoms with Gasteiger partial charge in [-0.15, -0.1) is 10.2 Å². The average molecular weight is 291 g/mol. The molecule has 0 unspecified atom stereocenters. The monoisotopic (exact) mass is 291 g/mol. The highest BCUT2D eigenvalue weighted by Crippen LogP contribution is 2.26. The third-order valence-electron chi connectivity index (χ3n) is 2.94. The van der Waals surface area contributed by atoms with Gasteiger partial charge < -0.3 is 10.5 Å². The molecule has 0 bridgehead atoms. The van der Waals surface area contributed by atoms with Crippen molar-refractivity contribution in [3.8, 4) is 11.8 Å². The van der Waals surface area contributed by atoms with E-state index < -0.39 is 0 Å². The third-order valence-corrected chi connectivity index (χ3v) is 3.15. The molecule has 0 spiro atoms. The van der Waals surface area contributed by atoms with Crippen molar-refractivity contribution in [3.63, 3.8) is 0 Å². The topological polar surface area (TPSA) is 89.7 Å². The first kappa shape index (κ1) is 14.4. The summed E-state index contributed by atoms with van der Waals surface area (Å²) < 4.78 is 5.65. The van der Waals surface area contributed by atoms with E-state index >= 15 is 0 Å². The Morgan fingerprint density at radius 1 is 1.35 bits per heavy atom. The second-order valence-corrected chi connectivity index (χ2v) is 4.81. The lowest BCUT2D eigenvalue weighted by atomic mass is 10.0. The molecule has 6 nitrogen and oxygen atoms in total. The summed E-state index contributed by atoms with van der Waals surface area (Å²) in [4.78, 5) is 0.258. The first-order valence-corrected chi connectivity index (χ1v) is 6.85. The fourth-order valence-electron chi connectivity index (χ4n) is 2.02. The fourth-order valence-corrected chi connectivity index (χ4v) is 2.23. The summed E-state index contributed by atoms with van der Waals surface area (Å²) >= 11 is 5.13. The van der Waals surface area contributed by atoms with Gasteiger partial charge in [-0.05, 0) is 25.3 Å². The second-order valence-electron chi connectivity index (χ2n) is 4.37. The minimum absolute atomic E-state index is 0.258. The van der Waals surface area contributed by atoms with Gasteiger partial charge in [-0.3, -0.25) is 5.10 Å². The summed E-state index contributed by atoms with van der Waals surface area (Å²) in [5.41, 5.74) is 9.24. The lowest BCUT2D eigenvalue weighted by Crippen LogP contribution is -2.17. The molecule has 0 saturated carbocycles. The number of aromatic amines is 1. The van der Waals surface area contributed by atoms with E-state index in [1.807, 2.05) is 20.8 Å². The van der Waals surface area contributed by atoms with Crippen molar-refractivity contribution in [1.82, 2.24) is 20.4 Å². The lowest BCUT2D eigenvalue weighted by molar-refractivity contribution is 0.433. The van der Waals surface area contributed by atoms with Crippen molar-refractivity contribution in [2.24, 2.45) is 5.73 Å². The Morgan fingerprint density at radius 2 is 2.10 bits per heavy atom. The summed E-state index contributed by atoms with van der Waals surface area (Å²) in [5, 5.41) is 15.1. The molecule has 2 heterocycles. The normalized spacial score (nSPS) is 10.6. The van der Waals surface area contributed by atoms with Crippen molar-refractivity contribution in [3.05, 3.63) is 28.6 Å². The molecule has 0 atom stereocenters. The highest BCUT2D eigenvalue weighted by molar-refractivity contribution is 7.80. The summed E-state index contributed by atoms with van der Waals surface area (Å²) in [5.74, 6) is 0.721. The summed E-state index contributed by atoms with van der Waals surface area (Å²) in [6, 6.07) is 1.77. The van der Waals surface area contributed by atoms with E-state index in [-0.39, 0.29) is 4.99 Å². The summed E-state index contributed by atoms with van der Waals surface area (Å²) in [6.45, 7) is 5.93. The number of ether oxygens (including phenoxy) is 1. The third kappa shape index (κ3) is 2.77. The zero-order valence-corrected chi connectivity index (χ0v) is 12.5. The van der Waals surface area contributed by atoms with Gasteiger partial charge in [0.15, 0.2) is 0 Å². The molecule has 2 aromatic rings. The highest BCUT2D eigenvalue weighted by atomic mass is 32.1. The number of thiocarbonyl (C=S) groups is 1. The van der Waals surface area contributed by atoms with Gasteiger partial charge in [-0.25, -0.2) is 0 Å². The van der Waals surface area contributed by atoms with Crippen LogP contribution in [-0.4, -0.2) is 25.4 Å². The lowest BCUT2D eigenvalue weighted by Gasteiger charge is -2.13. The smallest absolute Gasteiger partial charge is 0.251 e. The Morgan fingerprint density at radius 3 is 2.60 bits per heavy atom. The maximum Gasteiger partial charge on any atom is 0.251 e. The predicted octanol–water partition coefficient (Wildman–Crippen LogP) is 2.06. The molecule has 0 aliphatic carbocycles. The number of hydrogen-bond donors (Lipinski definition) is 2. The number of nitrogens with one attached hydrogen (secondary N) is 1. The first-order valence-electron chi connectivity index (χ1n) is 6.44. The van der Waals surface area contributed by atoms with Crippen LogP contribution in [0, 0.1) is 6.92 Å². The maximum absolute atomic E-state index is 5.83. The van der Waals surface area contributed by atoms with Crippen LogP contribution in [0.15, 0.2) is 6.07 Å². The van der Waals surface area contributed by atoms with E-state index in [1.54, 1.807) is 6.07 Å². The molecule has 0 aromatic carbocycles. The second kappa shape index (κ2) is 5.96. The Hall–Kier alpha value is -2.02. The molecule has 106 valence electrons. The van der Waals surface area contributed by atoms with E-state index in [1.165, 1.54) is 0 Å². The van der Waals surface area contributed by atoms with Crippen LogP contribution in [0.5, 0.6) is 11.8 Å². The number of nitrogens with two attached hydrogens (primary N) is 1. The van der Waals surface area contributed by atoms with E-state index in [2.05, 4.69) is 20.4 Å². The van der Waals surface area contributed by atoms with Crippen molar-refractivity contribution >= 4 is 17.2 Å². The van der Waals surface area contributed by atoms with E-state index in [9.17, 15) is 0 Å². The van der Waals surface area contributed by atoms with Crippen molar-refractivity contribution in [2.45, 2.75) is 33.6 Å². The minimum Gasteiger partial charge on any atom is -0.417 e. The van der Waals surface area contributed by atoms with Crippen LogP contribution < -0.4 is 10.5 Å². The van der Waals surface area contributed by atoms with Gasteiger partial charge in [0, 0.05) is 11.8 Å². The predicted molar refractivity (Wildman–Crippen MR) is 80.1 cm³/mol. The quantitative estimate of drug-likeness (QED) is 0.820. The Kier molecular flexibility index (Phi) is 4.29. The van der Waals surface area contributed by atoms with Gasteiger partial charge >= 0.3 is 0 Å². The number of H-pyrrole nitrogens is 1. The molecule has 0 amide bonds. The average Bonchev–Trinajstić information content (AvgIpc) is 2.83. The number of nitrogens with zero attached hydrogens (tertiary/aromatic N) is 3. The van der Waals surface area contributed by atoms with E-state index in [4.69, 9.17) is 22.7 Å². The van der Waals surface area contributed by atoms with Crippen LogP contribution in [0.1, 0.15) is 36.4 Å². The molecule has 0 aliphatic rings. The molecule has 0 saturated heterocycles. The van der Waals surface area contributed by atoms with Crippen LogP contribution >= 0.6 is 12.2 Å². The van der Waals surface area contributed by atoms with Crippen molar-refractivity contribution in [1.29, 1.82) is 0 Å². The van der Waals surface area contributed by atoms with Crippen LogP contribution in [0.3, 0.4) is 0 Å².